The Hall–Kier alpha value is -14.3. The summed E-state index contributed by atoms with van der Waals surface area (Å²) in [6.07, 6.45) is 13.6. The van der Waals surface area contributed by atoms with E-state index in [4.69, 9.17) is 77.4 Å². The zero-order valence-corrected chi connectivity index (χ0v) is 73.4. The molecule has 0 unspecified atom stereocenters. The van der Waals surface area contributed by atoms with Crippen molar-refractivity contribution >= 4 is 118 Å². The van der Waals surface area contributed by atoms with E-state index in [0.29, 0.717) is 22.3 Å². The summed E-state index contributed by atoms with van der Waals surface area (Å²) in [5.41, 5.74) is 24.6. The van der Waals surface area contributed by atoms with E-state index in [1.165, 1.54) is 97.0 Å². The maximum atomic E-state index is 15.3. The smallest absolute Gasteiger partial charge is 0.491 e. The Bertz CT molecular complexity index is 6170. The van der Waals surface area contributed by atoms with E-state index in [0.717, 1.165) is 98.6 Å². The van der Waals surface area contributed by atoms with Crippen LogP contribution in [0.15, 0.2) is 122 Å². The highest BCUT2D eigenvalue weighted by Gasteiger charge is 2.53. The number of nitrogen functional groups attached to an aromatic ring is 4. The highest BCUT2D eigenvalue weighted by molar-refractivity contribution is 6.63. The largest absolute Gasteiger partial charge is 0.495 e. The maximum absolute atomic E-state index is 15.3. The summed E-state index contributed by atoms with van der Waals surface area (Å²) in [5.74, 6) is -7.59. The molecule has 10 aromatic rings. The lowest BCUT2D eigenvalue weighted by Crippen LogP contribution is -2.41. The van der Waals surface area contributed by atoms with Crippen molar-refractivity contribution in [2.75, 3.05) is 84.2 Å². The van der Waals surface area contributed by atoms with Crippen molar-refractivity contribution in [3.63, 3.8) is 0 Å². The minimum Gasteiger partial charge on any atom is -0.491 e. The number of fused-ring (bicyclic) bond motifs is 3. The van der Waals surface area contributed by atoms with Crippen molar-refractivity contribution in [1.29, 1.82) is 0 Å². The molecule has 3 amide bonds. The van der Waals surface area contributed by atoms with Crippen molar-refractivity contribution < 1.29 is 113 Å². The molecule has 8 heterocycles. The van der Waals surface area contributed by atoms with Crippen LogP contribution in [0.5, 0.6) is 17.2 Å². The first-order valence-corrected chi connectivity index (χ1v) is 41.5. The van der Waals surface area contributed by atoms with Crippen LogP contribution in [0.4, 0.5) is 77.9 Å². The van der Waals surface area contributed by atoms with Gasteiger partial charge in [-0.2, -0.15) is 5.10 Å². The monoisotopic (exact) mass is 1860 g/mol. The molecule has 6 aromatic carbocycles. The predicted octanol–water partition coefficient (Wildman–Crippen LogP) is 14.6. The fraction of sp³-hybridized carbons (Fsp3) is 0.330. The van der Waals surface area contributed by atoms with E-state index in [1.807, 2.05) is 27.7 Å². The highest BCUT2D eigenvalue weighted by atomic mass is 35.5. The van der Waals surface area contributed by atoms with Gasteiger partial charge in [-0.1, -0.05) is 19.0 Å². The standard InChI is InChI=1S/C27H30BF2NO6.C26H22F2N4O6.C26H24F2N4O4.C5H4ClN3O2.C5H6N2O.CH4O.CH4/c1-15(32)35-14-19-20(28-36-26(2,3)27(4,5)37-28)12-18(29)13-22(19)31-8-9-34-23-11-17(16-6-7-16)10-21(30)24(23)25(31)33;1-13(33)38-12-19-18(17-4-5-30-25(29)24(17)32(35)36)10-16(27)11-21(19)31-6-7-37-22-9-15(14-2-3-14)8-20(28)23(22)26(31)34;1-13(33)36-12-19-18(17-4-5-31-25(30)24(17)29)10-16(27)11-21(19)32-6-7-35-22-9-15(14-2-3-14)8-20(28)23(22)26(32)34;6-3-1-2-8-5(7)4(3)9(10)11;1-7-3-5(4-8)2-6-7;1-2;/h10-13,16H,6-9,14H2,1-5H3;4-5,8-11,14H,2-3,6-7,12H2,1H3,(H2,29,30);4-5,8-11,14H,2-3,6-7,12,29H2,1H3,(H2,30,31);1-2H,(H2,7,8);2-4H,1H3;2H,1H3;1H4. The van der Waals surface area contributed by atoms with Crippen LogP contribution >= 0.6 is 11.6 Å². The second-order valence-corrected chi connectivity index (χ2v) is 32.5. The normalized spacial score (nSPS) is 15.4. The van der Waals surface area contributed by atoms with Gasteiger partial charge in [-0.3, -0.25) is 58.5 Å². The molecule has 0 bridgehead atoms. The van der Waals surface area contributed by atoms with Crippen LogP contribution in [0, 0.1) is 55.1 Å². The number of nitro groups is 2. The van der Waals surface area contributed by atoms with Crippen LogP contribution in [0.1, 0.15) is 187 Å². The Labute approximate surface area is 763 Å². The molecule has 42 heteroatoms. The van der Waals surface area contributed by atoms with Crippen molar-refractivity contribution in [2.45, 2.75) is 143 Å². The molecular formula is C91H94BClF6N14O20. The Balaban J connectivity index is 0.000000172. The second kappa shape index (κ2) is 41.8. The number of hydrogen-bond donors (Lipinski definition) is 5. The molecule has 3 saturated carbocycles. The lowest BCUT2D eigenvalue weighted by molar-refractivity contribution is -0.384. The van der Waals surface area contributed by atoms with Crippen LogP contribution in [0.3, 0.4) is 0 Å². The molecule has 1 saturated heterocycles. The number of amides is 3. The molecule has 4 fully saturated rings. The first kappa shape index (κ1) is 99.3. The van der Waals surface area contributed by atoms with Gasteiger partial charge in [-0.05, 0) is 203 Å². The summed E-state index contributed by atoms with van der Waals surface area (Å²) in [4.78, 5) is 121. The molecule has 3 aliphatic carbocycles. The summed E-state index contributed by atoms with van der Waals surface area (Å²) in [6.45, 7) is 10.1. The Morgan fingerprint density at radius 1 is 0.534 bits per heavy atom. The molecule has 0 radical (unpaired) electrons. The summed E-state index contributed by atoms with van der Waals surface area (Å²) in [7, 11) is 1.79. The van der Waals surface area contributed by atoms with E-state index in [9.17, 15) is 58.2 Å². The summed E-state index contributed by atoms with van der Waals surface area (Å²) >= 11 is 5.46. The van der Waals surface area contributed by atoms with E-state index in [-0.39, 0.29) is 185 Å². The van der Waals surface area contributed by atoms with Gasteiger partial charge in [-0.25, -0.2) is 41.3 Å². The number of anilines is 7. The lowest BCUT2D eigenvalue weighted by atomic mass is 9.75. The van der Waals surface area contributed by atoms with Gasteiger partial charge >= 0.3 is 36.4 Å². The molecule has 9 N–H and O–H groups in total. The molecule has 133 heavy (non-hydrogen) atoms. The fourth-order valence-corrected chi connectivity index (χ4v) is 15.1. The Morgan fingerprint density at radius 2 is 0.887 bits per heavy atom. The third-order valence-corrected chi connectivity index (χ3v) is 22.7. The van der Waals surface area contributed by atoms with Gasteiger partial charge in [-0.15, -0.1) is 0 Å². The zero-order chi connectivity index (χ0) is 95.8. The van der Waals surface area contributed by atoms with Gasteiger partial charge in [0.25, 0.3) is 17.7 Å². The first-order chi connectivity index (χ1) is 62.7. The van der Waals surface area contributed by atoms with Gasteiger partial charge in [0.2, 0.25) is 11.6 Å². The number of aliphatic hydroxyl groups excluding tert-OH is 1. The van der Waals surface area contributed by atoms with Gasteiger partial charge in [0, 0.05) is 87.5 Å². The summed E-state index contributed by atoms with van der Waals surface area (Å²) in [5, 5.41) is 32.8. The third kappa shape index (κ3) is 22.7. The van der Waals surface area contributed by atoms with Crippen molar-refractivity contribution in [3.05, 3.63) is 238 Å². The van der Waals surface area contributed by atoms with Crippen LogP contribution in [-0.4, -0.2) is 146 Å². The molecule has 7 aliphatic rings. The van der Waals surface area contributed by atoms with Crippen molar-refractivity contribution in [2.24, 2.45) is 7.05 Å². The maximum Gasteiger partial charge on any atom is 0.495 e. The molecular weight excluding hydrogens is 1770 g/mol. The highest BCUT2D eigenvalue weighted by Crippen LogP contribution is 2.49. The number of aryl methyl sites for hydroxylation is 1. The Kier molecular flexibility index (Phi) is 31.2. The van der Waals surface area contributed by atoms with Crippen LogP contribution in [0.2, 0.25) is 5.02 Å². The number of nitrogens with zero attached hydrogens (tertiary/aromatic N) is 10. The molecule has 4 aliphatic heterocycles. The number of benzene rings is 6. The second-order valence-electron chi connectivity index (χ2n) is 32.0. The molecule has 17 rings (SSSR count). The van der Waals surface area contributed by atoms with E-state index in [2.05, 4.69) is 20.1 Å². The van der Waals surface area contributed by atoms with Gasteiger partial charge in [0.15, 0.2) is 6.29 Å². The number of carbonyl (C=O) groups excluding carboxylic acids is 7. The lowest BCUT2D eigenvalue weighted by Gasteiger charge is -2.32. The molecule has 0 atom stereocenters. The van der Waals surface area contributed by atoms with Crippen LogP contribution in [0.25, 0.3) is 22.3 Å². The first-order valence-electron chi connectivity index (χ1n) is 41.1. The summed E-state index contributed by atoms with van der Waals surface area (Å²) in [6, 6.07) is 20.1. The number of hydrogen-bond acceptors (Lipinski definition) is 28. The molecule has 34 nitrogen and oxygen atoms in total. The van der Waals surface area contributed by atoms with E-state index < -0.39 is 117 Å². The number of carbonyl (C=O) groups is 7. The number of aliphatic hydroxyl groups is 1. The average Bonchev–Trinajstić information content (AvgIpc) is 1.63. The number of nitrogens with two attached hydrogens (primary N) is 4. The van der Waals surface area contributed by atoms with Crippen molar-refractivity contribution in [3.8, 4) is 39.5 Å². The number of halogens is 7. The molecule has 700 valence electrons. The minimum absolute atomic E-state index is 0. The zero-order valence-electron chi connectivity index (χ0n) is 72.7. The van der Waals surface area contributed by atoms with Crippen molar-refractivity contribution in [1.82, 2.24) is 24.7 Å². The van der Waals surface area contributed by atoms with Gasteiger partial charge in [0.1, 0.15) is 119 Å². The van der Waals surface area contributed by atoms with Gasteiger partial charge in [0.05, 0.1) is 80.8 Å². The quantitative estimate of drug-likeness (QED) is 0.0101. The SMILES string of the molecule is C.CC(=O)OCc1c(-c2ccnc(N)c2N)cc(F)cc1N1CCOc2cc(C3CC3)cc(F)c2C1=O.CC(=O)OCc1c(-c2ccnc(N)c2[N+](=O)[O-])cc(F)cc1N1CCOc2cc(C3CC3)cc(F)c2C1=O.CC(=O)OCc1c(B2OC(C)(C)C(C)(C)O2)cc(F)cc1N1CCOc2cc(C3CC3)cc(F)c2C1=O.CO.Cn1cc(C=O)cn1.Nc1nccc(Cl)c1[N+](=O)[O-]. The number of aromatic nitrogens is 5. The Morgan fingerprint density at radius 3 is 1.23 bits per heavy atom. The minimum atomic E-state index is -0.978. The van der Waals surface area contributed by atoms with Crippen LogP contribution < -0.4 is 57.3 Å². The number of rotatable bonds is 18. The van der Waals surface area contributed by atoms with E-state index >= 15 is 22.0 Å². The van der Waals surface area contributed by atoms with Gasteiger partial charge < -0.3 is 80.5 Å². The molecule has 4 aromatic heterocycles. The summed E-state index contributed by atoms with van der Waals surface area (Å²) < 4.78 is 138. The number of esters is 3. The predicted molar refractivity (Wildman–Crippen MR) is 478 cm³/mol. The third-order valence-electron chi connectivity index (χ3n) is 22.4. The topological polar surface area (TPSA) is 470 Å². The number of aldehydes is 1. The van der Waals surface area contributed by atoms with Crippen LogP contribution in [-0.2, 0) is 64.8 Å². The number of pyridine rings is 3. The number of ether oxygens (including phenoxy) is 6. The fourth-order valence-electron chi connectivity index (χ4n) is 14.8. The van der Waals surface area contributed by atoms with E-state index in [1.54, 1.807) is 42.2 Å². The average molecular weight is 1860 g/mol. The molecule has 0 spiro atoms.